The normalized spacial score (nSPS) is 17.0. The lowest BCUT2D eigenvalue weighted by molar-refractivity contribution is -0.118. The third-order valence-corrected chi connectivity index (χ3v) is 5.19. The van der Waals surface area contributed by atoms with Crippen molar-refractivity contribution in [3.8, 4) is 11.5 Å². The number of nitrogens with zero attached hydrogens (tertiary/aromatic N) is 1. The maximum atomic E-state index is 14.5. The molecular formula is C21H19F3N2O3. The smallest absolute Gasteiger partial charge is 0.262 e. The molecule has 1 saturated heterocycles. The van der Waals surface area contributed by atoms with E-state index in [1.165, 1.54) is 18.2 Å². The van der Waals surface area contributed by atoms with E-state index in [-0.39, 0.29) is 29.7 Å². The van der Waals surface area contributed by atoms with Crippen LogP contribution in [-0.4, -0.2) is 36.6 Å². The van der Waals surface area contributed by atoms with E-state index >= 15 is 0 Å². The van der Waals surface area contributed by atoms with Crippen LogP contribution >= 0.6 is 0 Å². The molecule has 0 saturated carbocycles. The van der Waals surface area contributed by atoms with Gasteiger partial charge in [0.1, 0.15) is 17.7 Å². The first-order chi connectivity index (χ1) is 13.8. The lowest BCUT2D eigenvalue weighted by atomic mass is 9.92. The minimum Gasteiger partial charge on any atom is -0.484 e. The third-order valence-electron chi connectivity index (χ3n) is 5.19. The number of rotatable bonds is 5. The highest BCUT2D eigenvalue weighted by molar-refractivity contribution is 5.96. The first kappa shape index (κ1) is 19.2. The standard InChI is InChI=1S/C21H19F3N2O3/c1-11(14-6-18-19(7-17(14)24)28-10-20(27)25-18)26-8-13(9-26)12(2)29-21-15(22)4-3-5-16(21)23/h3-7,12-13H,1,8-10H2,2H3,(H,25,27). The molecular weight excluding hydrogens is 385 g/mol. The number of hydrogen-bond donors (Lipinski definition) is 1. The Morgan fingerprint density at radius 2 is 1.93 bits per heavy atom. The summed E-state index contributed by atoms with van der Waals surface area (Å²) in [5, 5.41) is 2.64. The fraction of sp³-hybridized carbons (Fsp3) is 0.286. The van der Waals surface area contributed by atoms with E-state index in [1.807, 2.05) is 4.90 Å². The summed E-state index contributed by atoms with van der Waals surface area (Å²) < 4.78 is 52.7. The quantitative estimate of drug-likeness (QED) is 0.824. The van der Waals surface area contributed by atoms with Gasteiger partial charge in [0, 0.05) is 36.3 Å². The molecule has 29 heavy (non-hydrogen) atoms. The largest absolute Gasteiger partial charge is 0.484 e. The molecule has 1 N–H and O–H groups in total. The SMILES string of the molecule is C=C(c1cc2c(cc1F)OCC(=O)N2)N1CC(C(C)Oc2c(F)cccc2F)C1. The molecule has 0 radical (unpaired) electrons. The number of carbonyl (C=O) groups is 1. The van der Waals surface area contributed by atoms with E-state index in [9.17, 15) is 18.0 Å². The number of para-hydroxylation sites is 1. The van der Waals surface area contributed by atoms with Crippen molar-refractivity contribution in [2.24, 2.45) is 5.92 Å². The summed E-state index contributed by atoms with van der Waals surface area (Å²) in [6.07, 6.45) is -0.438. The molecule has 1 atom stereocenters. The zero-order chi connectivity index (χ0) is 20.7. The van der Waals surface area contributed by atoms with Crippen molar-refractivity contribution in [2.75, 3.05) is 25.0 Å². The Bertz CT molecular complexity index is 969. The van der Waals surface area contributed by atoms with E-state index in [1.54, 1.807) is 6.92 Å². The number of nitrogens with one attached hydrogen (secondary N) is 1. The predicted octanol–water partition coefficient (Wildman–Crippen LogP) is 3.80. The topological polar surface area (TPSA) is 50.8 Å². The zero-order valence-electron chi connectivity index (χ0n) is 15.7. The average Bonchev–Trinajstić information content (AvgIpc) is 2.63. The summed E-state index contributed by atoms with van der Waals surface area (Å²) in [6.45, 7) is 6.53. The molecule has 8 heteroatoms. The average molecular weight is 404 g/mol. The van der Waals surface area contributed by atoms with Gasteiger partial charge in [-0.3, -0.25) is 4.79 Å². The van der Waals surface area contributed by atoms with Gasteiger partial charge in [-0.15, -0.1) is 0 Å². The number of ether oxygens (including phenoxy) is 2. The maximum absolute atomic E-state index is 14.5. The van der Waals surface area contributed by atoms with Crippen molar-refractivity contribution >= 4 is 17.3 Å². The Balaban J connectivity index is 1.41. The van der Waals surface area contributed by atoms with Crippen molar-refractivity contribution in [2.45, 2.75) is 13.0 Å². The molecule has 2 aliphatic heterocycles. The summed E-state index contributed by atoms with van der Waals surface area (Å²) in [5.74, 6) is -2.45. The molecule has 0 aromatic heterocycles. The zero-order valence-corrected chi connectivity index (χ0v) is 15.7. The monoisotopic (exact) mass is 404 g/mol. The molecule has 0 spiro atoms. The van der Waals surface area contributed by atoms with E-state index in [0.29, 0.717) is 24.5 Å². The van der Waals surface area contributed by atoms with Crippen molar-refractivity contribution in [1.82, 2.24) is 4.90 Å². The minimum atomic E-state index is -0.752. The molecule has 0 aliphatic carbocycles. The maximum Gasteiger partial charge on any atom is 0.262 e. The highest BCUT2D eigenvalue weighted by Crippen LogP contribution is 2.37. The first-order valence-electron chi connectivity index (χ1n) is 9.14. The van der Waals surface area contributed by atoms with Crippen LogP contribution in [0.3, 0.4) is 0 Å². The highest BCUT2D eigenvalue weighted by Gasteiger charge is 2.35. The van der Waals surface area contributed by atoms with Gasteiger partial charge in [0.2, 0.25) is 0 Å². The number of fused-ring (bicyclic) bond motifs is 1. The van der Waals surface area contributed by atoms with Crippen LogP contribution in [0.25, 0.3) is 5.70 Å². The van der Waals surface area contributed by atoms with Crippen LogP contribution in [0.5, 0.6) is 11.5 Å². The number of halogens is 3. The lowest BCUT2D eigenvalue weighted by Gasteiger charge is -2.44. The van der Waals surface area contributed by atoms with Gasteiger partial charge in [-0.05, 0) is 25.1 Å². The molecule has 1 fully saturated rings. The molecule has 0 bridgehead atoms. The molecule has 2 aromatic carbocycles. The van der Waals surface area contributed by atoms with Crippen LogP contribution in [0.4, 0.5) is 18.9 Å². The van der Waals surface area contributed by atoms with Gasteiger partial charge in [0.15, 0.2) is 24.0 Å². The molecule has 2 heterocycles. The highest BCUT2D eigenvalue weighted by atomic mass is 19.1. The number of carbonyl (C=O) groups excluding carboxylic acids is 1. The molecule has 4 rings (SSSR count). The first-order valence-corrected chi connectivity index (χ1v) is 9.14. The molecule has 152 valence electrons. The van der Waals surface area contributed by atoms with Gasteiger partial charge in [-0.2, -0.15) is 0 Å². The Morgan fingerprint density at radius 1 is 1.24 bits per heavy atom. The van der Waals surface area contributed by atoms with Crippen LogP contribution < -0.4 is 14.8 Å². The number of amides is 1. The van der Waals surface area contributed by atoms with Crippen LogP contribution in [-0.2, 0) is 4.79 Å². The fourth-order valence-electron chi connectivity index (χ4n) is 3.40. The lowest BCUT2D eigenvalue weighted by Crippen LogP contribution is -2.51. The van der Waals surface area contributed by atoms with Crippen molar-refractivity contribution < 1.29 is 27.4 Å². The third kappa shape index (κ3) is 3.62. The number of hydrogen-bond acceptors (Lipinski definition) is 4. The number of likely N-dealkylation sites (tertiary alicyclic amines) is 1. The second-order valence-corrected chi connectivity index (χ2v) is 7.15. The van der Waals surface area contributed by atoms with E-state index in [4.69, 9.17) is 9.47 Å². The minimum absolute atomic E-state index is 0.00511. The van der Waals surface area contributed by atoms with Gasteiger partial charge in [-0.25, -0.2) is 13.2 Å². The second-order valence-electron chi connectivity index (χ2n) is 7.15. The summed E-state index contributed by atoms with van der Waals surface area (Å²) in [5.41, 5.74) is 1.09. The van der Waals surface area contributed by atoms with E-state index in [2.05, 4.69) is 11.9 Å². The van der Waals surface area contributed by atoms with Crippen LogP contribution in [0.2, 0.25) is 0 Å². The van der Waals surface area contributed by atoms with Crippen LogP contribution in [0.15, 0.2) is 36.9 Å². The van der Waals surface area contributed by atoms with Crippen LogP contribution in [0, 0.1) is 23.4 Å². The number of anilines is 1. The van der Waals surface area contributed by atoms with Gasteiger partial charge in [-0.1, -0.05) is 12.6 Å². The Hall–Kier alpha value is -3.16. The summed E-state index contributed by atoms with van der Waals surface area (Å²) in [4.78, 5) is 13.3. The molecule has 1 unspecified atom stereocenters. The van der Waals surface area contributed by atoms with E-state index in [0.717, 1.165) is 12.1 Å². The molecule has 1 amide bonds. The predicted molar refractivity (Wildman–Crippen MR) is 101 cm³/mol. The van der Waals surface area contributed by atoms with Crippen LogP contribution in [0.1, 0.15) is 12.5 Å². The molecule has 2 aliphatic rings. The van der Waals surface area contributed by atoms with Crippen molar-refractivity contribution in [3.63, 3.8) is 0 Å². The summed E-state index contributed by atoms with van der Waals surface area (Å²) in [7, 11) is 0. The summed E-state index contributed by atoms with van der Waals surface area (Å²) >= 11 is 0. The summed E-state index contributed by atoms with van der Waals surface area (Å²) in [6, 6.07) is 6.27. The van der Waals surface area contributed by atoms with Crippen molar-refractivity contribution in [1.29, 1.82) is 0 Å². The van der Waals surface area contributed by atoms with Gasteiger partial charge >= 0.3 is 0 Å². The van der Waals surface area contributed by atoms with E-state index < -0.39 is 29.3 Å². The van der Waals surface area contributed by atoms with Gasteiger partial charge < -0.3 is 19.7 Å². The Labute approximate surface area is 165 Å². The number of benzene rings is 2. The molecule has 2 aromatic rings. The Morgan fingerprint density at radius 3 is 2.62 bits per heavy atom. The molecule has 5 nitrogen and oxygen atoms in total. The van der Waals surface area contributed by atoms with Crippen molar-refractivity contribution in [3.05, 3.63) is 59.9 Å². The fourth-order valence-corrected chi connectivity index (χ4v) is 3.40. The van der Waals surface area contributed by atoms with Gasteiger partial charge in [0.05, 0.1) is 5.69 Å². The second kappa shape index (κ2) is 7.35. The van der Waals surface area contributed by atoms with Gasteiger partial charge in [0.25, 0.3) is 5.91 Å². The Kier molecular flexibility index (Phi) is 4.86.